The number of halogens is 4. The average molecular weight is 417 g/mol. The molecule has 0 radical (unpaired) electrons. The van der Waals surface area contributed by atoms with Crippen molar-refractivity contribution in [2.24, 2.45) is 0 Å². The second-order valence-electron chi connectivity index (χ2n) is 6.21. The Balaban J connectivity index is 1.62. The van der Waals surface area contributed by atoms with Gasteiger partial charge in [-0.3, -0.25) is 9.53 Å². The number of hydrogen-bond donors (Lipinski definition) is 1. The van der Waals surface area contributed by atoms with E-state index in [4.69, 9.17) is 11.6 Å². The lowest BCUT2D eigenvalue weighted by Crippen LogP contribution is -2.64. The van der Waals surface area contributed by atoms with Crippen molar-refractivity contribution in [3.05, 3.63) is 29.8 Å². The number of alkyl halides is 3. The Morgan fingerprint density at radius 1 is 1.32 bits per heavy atom. The van der Waals surface area contributed by atoms with Gasteiger partial charge in [-0.25, -0.2) is 19.9 Å². The van der Waals surface area contributed by atoms with Crippen molar-refractivity contribution >= 4 is 23.3 Å². The average Bonchev–Trinajstić information content (AvgIpc) is 2.64. The Kier molecular flexibility index (Phi) is 5.66. The maximum atomic E-state index is 12.5. The van der Waals surface area contributed by atoms with Crippen LogP contribution in [-0.4, -0.2) is 61.8 Å². The number of aromatic nitrogens is 4. The van der Waals surface area contributed by atoms with Crippen LogP contribution in [0.25, 0.3) is 11.5 Å². The van der Waals surface area contributed by atoms with Gasteiger partial charge >= 0.3 is 6.36 Å². The fourth-order valence-electron chi connectivity index (χ4n) is 2.71. The Labute approximate surface area is 163 Å². The van der Waals surface area contributed by atoms with E-state index in [-0.39, 0.29) is 12.5 Å². The summed E-state index contributed by atoms with van der Waals surface area (Å²) in [7, 11) is 0. The zero-order valence-corrected chi connectivity index (χ0v) is 15.6. The highest BCUT2D eigenvalue weighted by Gasteiger charge is 2.46. The predicted molar refractivity (Wildman–Crippen MR) is 93.3 cm³/mol. The largest absolute Gasteiger partial charge is 0.522 e. The quantitative estimate of drug-likeness (QED) is 0.800. The summed E-state index contributed by atoms with van der Waals surface area (Å²) in [5, 5.41) is 3.29. The highest BCUT2D eigenvalue weighted by molar-refractivity contribution is 6.30. The molecule has 150 valence electrons. The third-order valence-corrected chi connectivity index (χ3v) is 4.42. The third kappa shape index (κ3) is 4.65. The molecule has 2 aromatic rings. The van der Waals surface area contributed by atoms with Crippen LogP contribution < -0.4 is 5.32 Å². The number of likely N-dealkylation sites (tertiary alicyclic amines) is 1. The lowest BCUT2D eigenvalue weighted by atomic mass is 10.00. The van der Waals surface area contributed by atoms with E-state index in [1.54, 1.807) is 13.0 Å². The minimum atomic E-state index is -4.72. The summed E-state index contributed by atoms with van der Waals surface area (Å²) < 4.78 is 40.9. The lowest BCUT2D eigenvalue weighted by molar-refractivity contribution is -0.359. The standard InChI is InChI=1S/C16H16ClF3N6O2/c1-8(15(27)26-6-12(9(26)2)28-16(18,19)20)25-13-3-11(23-7-24-13)14-21-4-10(17)5-22-14/h3-5,7-9,12H,6H2,1-2H3,(H,23,24,25)/t8-,9+,12+/m1/s1. The van der Waals surface area contributed by atoms with Crippen LogP contribution in [0.15, 0.2) is 24.8 Å². The van der Waals surface area contributed by atoms with Crippen LogP contribution in [0.5, 0.6) is 0 Å². The molecule has 28 heavy (non-hydrogen) atoms. The number of anilines is 1. The third-order valence-electron chi connectivity index (χ3n) is 4.23. The monoisotopic (exact) mass is 416 g/mol. The zero-order chi connectivity index (χ0) is 20.5. The summed E-state index contributed by atoms with van der Waals surface area (Å²) in [5.74, 6) is 0.315. The van der Waals surface area contributed by atoms with Crippen molar-refractivity contribution in [2.75, 3.05) is 11.9 Å². The normalized spacial score (nSPS) is 20.4. The van der Waals surface area contributed by atoms with Gasteiger partial charge in [-0.2, -0.15) is 0 Å². The molecular formula is C16H16ClF3N6O2. The SMILES string of the molecule is C[C@@H](Nc1cc(-c2ncc(Cl)cn2)ncn1)C(=O)N1C[C@H](OC(F)(F)F)[C@@H]1C. The van der Waals surface area contributed by atoms with Gasteiger partial charge in [0.15, 0.2) is 5.82 Å². The summed E-state index contributed by atoms with van der Waals surface area (Å²) in [6, 6.07) is 0.159. The number of amides is 1. The first-order valence-electron chi connectivity index (χ1n) is 8.25. The Bertz CT molecular complexity index is 851. The van der Waals surface area contributed by atoms with Gasteiger partial charge in [0, 0.05) is 25.0 Å². The maximum Gasteiger partial charge on any atom is 0.522 e. The molecule has 1 aliphatic rings. The summed E-state index contributed by atoms with van der Waals surface area (Å²) in [6.45, 7) is 2.97. The molecular weight excluding hydrogens is 401 g/mol. The van der Waals surface area contributed by atoms with E-state index in [1.165, 1.54) is 30.5 Å². The van der Waals surface area contributed by atoms with E-state index < -0.39 is 24.6 Å². The number of hydrogen-bond acceptors (Lipinski definition) is 7. The van der Waals surface area contributed by atoms with E-state index in [1.807, 2.05) is 0 Å². The molecule has 1 N–H and O–H groups in total. The minimum Gasteiger partial charge on any atom is -0.359 e. The Hall–Kier alpha value is -2.53. The van der Waals surface area contributed by atoms with E-state index in [0.29, 0.717) is 22.4 Å². The van der Waals surface area contributed by atoms with Crippen molar-refractivity contribution in [1.29, 1.82) is 0 Å². The highest BCUT2D eigenvalue weighted by atomic mass is 35.5. The second kappa shape index (κ2) is 7.84. The van der Waals surface area contributed by atoms with E-state index in [9.17, 15) is 18.0 Å². The van der Waals surface area contributed by atoms with Crippen LogP contribution >= 0.6 is 11.6 Å². The van der Waals surface area contributed by atoms with Crippen molar-refractivity contribution in [1.82, 2.24) is 24.8 Å². The smallest absolute Gasteiger partial charge is 0.359 e. The second-order valence-corrected chi connectivity index (χ2v) is 6.65. The molecule has 0 spiro atoms. The molecule has 2 aromatic heterocycles. The molecule has 3 atom stereocenters. The topological polar surface area (TPSA) is 93.1 Å². The van der Waals surface area contributed by atoms with Crippen molar-refractivity contribution in [3.8, 4) is 11.5 Å². The molecule has 0 saturated carbocycles. The molecule has 1 aliphatic heterocycles. The number of rotatable bonds is 5. The fraction of sp³-hybridized carbons (Fsp3) is 0.438. The van der Waals surface area contributed by atoms with Gasteiger partial charge in [0.25, 0.3) is 0 Å². The fourth-order valence-corrected chi connectivity index (χ4v) is 2.81. The van der Waals surface area contributed by atoms with Crippen LogP contribution in [0.1, 0.15) is 13.8 Å². The van der Waals surface area contributed by atoms with Crippen molar-refractivity contribution < 1.29 is 22.7 Å². The number of nitrogens with zero attached hydrogens (tertiary/aromatic N) is 5. The van der Waals surface area contributed by atoms with Crippen LogP contribution in [0.2, 0.25) is 5.02 Å². The first-order chi connectivity index (χ1) is 13.1. The number of ether oxygens (including phenoxy) is 1. The summed E-state index contributed by atoms with van der Waals surface area (Å²) >= 11 is 5.76. The van der Waals surface area contributed by atoms with Crippen LogP contribution in [0, 0.1) is 0 Å². The van der Waals surface area contributed by atoms with Gasteiger partial charge in [0.1, 0.15) is 30.0 Å². The van der Waals surface area contributed by atoms with Crippen LogP contribution in [0.3, 0.4) is 0 Å². The van der Waals surface area contributed by atoms with E-state index >= 15 is 0 Å². The van der Waals surface area contributed by atoms with Crippen LogP contribution in [0.4, 0.5) is 19.0 Å². The molecule has 3 heterocycles. The van der Waals surface area contributed by atoms with Crippen molar-refractivity contribution in [3.63, 3.8) is 0 Å². The first kappa shape index (κ1) is 20.2. The lowest BCUT2D eigenvalue weighted by Gasteiger charge is -2.46. The molecule has 0 bridgehead atoms. The van der Waals surface area contributed by atoms with Crippen molar-refractivity contribution in [2.45, 2.75) is 38.4 Å². The Morgan fingerprint density at radius 2 is 2.00 bits per heavy atom. The van der Waals surface area contributed by atoms with Crippen LogP contribution in [-0.2, 0) is 9.53 Å². The van der Waals surface area contributed by atoms with E-state index in [2.05, 4.69) is 30.0 Å². The van der Waals surface area contributed by atoms with Gasteiger partial charge in [0.05, 0.1) is 11.1 Å². The molecule has 1 saturated heterocycles. The van der Waals surface area contributed by atoms with Gasteiger partial charge in [-0.1, -0.05) is 11.6 Å². The maximum absolute atomic E-state index is 12.5. The highest BCUT2D eigenvalue weighted by Crippen LogP contribution is 2.29. The summed E-state index contributed by atoms with van der Waals surface area (Å²) in [5.41, 5.74) is 0.421. The zero-order valence-electron chi connectivity index (χ0n) is 14.8. The molecule has 8 nitrogen and oxygen atoms in total. The predicted octanol–water partition coefficient (Wildman–Crippen LogP) is 2.52. The summed E-state index contributed by atoms with van der Waals surface area (Å²) in [4.78, 5) is 30.0. The van der Waals surface area contributed by atoms with E-state index in [0.717, 1.165) is 0 Å². The Morgan fingerprint density at radius 3 is 2.61 bits per heavy atom. The first-order valence-corrected chi connectivity index (χ1v) is 8.63. The molecule has 0 unspecified atom stereocenters. The summed E-state index contributed by atoms with van der Waals surface area (Å²) in [6.07, 6.45) is -1.65. The molecule has 3 rings (SSSR count). The molecule has 1 amide bonds. The van der Waals surface area contributed by atoms with Gasteiger partial charge < -0.3 is 10.2 Å². The molecule has 0 aromatic carbocycles. The van der Waals surface area contributed by atoms with Gasteiger partial charge in [0.2, 0.25) is 5.91 Å². The molecule has 0 aliphatic carbocycles. The number of carbonyl (C=O) groups is 1. The van der Waals surface area contributed by atoms with Gasteiger partial charge in [-0.15, -0.1) is 13.2 Å². The molecule has 1 fully saturated rings. The number of nitrogens with one attached hydrogen (secondary N) is 1. The number of carbonyl (C=O) groups excluding carboxylic acids is 1. The minimum absolute atomic E-state index is 0.126. The molecule has 12 heteroatoms. The van der Waals surface area contributed by atoms with Gasteiger partial charge in [-0.05, 0) is 13.8 Å².